The predicted octanol–water partition coefficient (Wildman–Crippen LogP) is 0.472. The molecule has 0 spiro atoms. The molecule has 0 saturated carbocycles. The molecule has 84 valence electrons. The van der Waals surface area contributed by atoms with Gasteiger partial charge in [-0.2, -0.15) is 0 Å². The van der Waals surface area contributed by atoms with E-state index in [2.05, 4.69) is 15.2 Å². The molecule has 2 heterocycles. The molecule has 0 radical (unpaired) electrons. The molecule has 1 atom stereocenters. The van der Waals surface area contributed by atoms with Crippen LogP contribution in [0.2, 0.25) is 0 Å². The molecule has 1 aromatic heterocycles. The van der Waals surface area contributed by atoms with Crippen molar-refractivity contribution in [1.82, 2.24) is 15.2 Å². The molecule has 15 heavy (non-hydrogen) atoms. The molecule has 0 aliphatic carbocycles. The summed E-state index contributed by atoms with van der Waals surface area (Å²) >= 11 is 1.68. The lowest BCUT2D eigenvalue weighted by Crippen LogP contribution is -2.45. The van der Waals surface area contributed by atoms with Gasteiger partial charge in [0.05, 0.1) is 6.04 Å². The fraction of sp³-hybridized carbons (Fsp3) is 0.700. The van der Waals surface area contributed by atoms with E-state index in [-0.39, 0.29) is 6.61 Å². The number of rotatable bonds is 4. The second kappa shape index (κ2) is 5.55. The summed E-state index contributed by atoms with van der Waals surface area (Å²) in [5, 5.41) is 15.6. The minimum atomic E-state index is 0.230. The Labute approximate surface area is 93.9 Å². The standard InChI is InChI=1S/C10H17N3OS/c14-7-1-9(10-12-4-8-15-10)13-5-2-11-3-6-13/h4,8-9,11,14H,1-3,5-7H2. The monoisotopic (exact) mass is 227 g/mol. The van der Waals surface area contributed by atoms with E-state index in [1.807, 2.05) is 11.6 Å². The van der Waals surface area contributed by atoms with Crippen LogP contribution < -0.4 is 5.32 Å². The van der Waals surface area contributed by atoms with Crippen molar-refractivity contribution in [2.45, 2.75) is 12.5 Å². The third kappa shape index (κ3) is 2.75. The summed E-state index contributed by atoms with van der Waals surface area (Å²) in [6.07, 6.45) is 2.63. The van der Waals surface area contributed by atoms with Crippen LogP contribution in [-0.4, -0.2) is 47.8 Å². The Morgan fingerprint density at radius 1 is 1.53 bits per heavy atom. The number of hydrogen-bond donors (Lipinski definition) is 2. The van der Waals surface area contributed by atoms with Crippen LogP contribution in [0, 0.1) is 0 Å². The van der Waals surface area contributed by atoms with E-state index in [9.17, 15) is 0 Å². The lowest BCUT2D eigenvalue weighted by atomic mass is 10.1. The molecule has 5 heteroatoms. The van der Waals surface area contributed by atoms with E-state index in [1.165, 1.54) is 0 Å². The first kappa shape index (κ1) is 11.0. The Morgan fingerprint density at radius 2 is 2.33 bits per heavy atom. The Balaban J connectivity index is 2.04. The molecule has 0 aromatic carbocycles. The van der Waals surface area contributed by atoms with Gasteiger partial charge in [0, 0.05) is 44.4 Å². The van der Waals surface area contributed by atoms with Crippen molar-refractivity contribution in [3.05, 3.63) is 16.6 Å². The van der Waals surface area contributed by atoms with Gasteiger partial charge in [-0.3, -0.25) is 4.90 Å². The number of thiazole rings is 1. The molecule has 1 saturated heterocycles. The third-order valence-electron chi connectivity index (χ3n) is 2.73. The first-order valence-electron chi connectivity index (χ1n) is 5.37. The predicted molar refractivity (Wildman–Crippen MR) is 61.0 cm³/mol. The normalized spacial score (nSPS) is 20.3. The van der Waals surface area contributed by atoms with Crippen LogP contribution in [0.4, 0.5) is 0 Å². The van der Waals surface area contributed by atoms with E-state index in [1.54, 1.807) is 11.3 Å². The molecule has 1 unspecified atom stereocenters. The van der Waals surface area contributed by atoms with Gasteiger partial charge in [0.2, 0.25) is 0 Å². The second-order valence-electron chi connectivity index (χ2n) is 3.68. The van der Waals surface area contributed by atoms with Crippen molar-refractivity contribution in [3.8, 4) is 0 Å². The quantitative estimate of drug-likeness (QED) is 0.785. The van der Waals surface area contributed by atoms with E-state index in [4.69, 9.17) is 5.11 Å². The molecule has 0 amide bonds. The molecule has 2 N–H and O–H groups in total. The molecular weight excluding hydrogens is 210 g/mol. The van der Waals surface area contributed by atoms with Gasteiger partial charge in [-0.15, -0.1) is 11.3 Å². The van der Waals surface area contributed by atoms with Crippen LogP contribution in [-0.2, 0) is 0 Å². The van der Waals surface area contributed by atoms with Crippen LogP contribution >= 0.6 is 11.3 Å². The first-order valence-corrected chi connectivity index (χ1v) is 6.25. The fourth-order valence-corrected chi connectivity index (χ4v) is 2.78. The van der Waals surface area contributed by atoms with Gasteiger partial charge in [0.25, 0.3) is 0 Å². The molecule has 1 aromatic rings. The zero-order valence-electron chi connectivity index (χ0n) is 8.72. The molecule has 1 aliphatic heterocycles. The van der Waals surface area contributed by atoms with Gasteiger partial charge in [0.1, 0.15) is 5.01 Å². The topological polar surface area (TPSA) is 48.4 Å². The molecule has 1 aliphatic rings. The summed E-state index contributed by atoms with van der Waals surface area (Å²) in [5.74, 6) is 0. The Bertz CT molecular complexity index is 272. The molecule has 1 fully saturated rings. The summed E-state index contributed by atoms with van der Waals surface area (Å²) in [4.78, 5) is 6.76. The molecule has 0 bridgehead atoms. The highest BCUT2D eigenvalue weighted by atomic mass is 32.1. The van der Waals surface area contributed by atoms with Crippen molar-refractivity contribution >= 4 is 11.3 Å². The van der Waals surface area contributed by atoms with Gasteiger partial charge in [-0.1, -0.05) is 0 Å². The van der Waals surface area contributed by atoms with Crippen molar-refractivity contribution in [2.24, 2.45) is 0 Å². The van der Waals surface area contributed by atoms with Gasteiger partial charge in [0.15, 0.2) is 0 Å². The van der Waals surface area contributed by atoms with Gasteiger partial charge >= 0.3 is 0 Å². The van der Waals surface area contributed by atoms with Crippen LogP contribution in [0.5, 0.6) is 0 Å². The van der Waals surface area contributed by atoms with Crippen molar-refractivity contribution in [3.63, 3.8) is 0 Å². The Morgan fingerprint density at radius 3 is 2.93 bits per heavy atom. The van der Waals surface area contributed by atoms with E-state index >= 15 is 0 Å². The number of hydrogen-bond acceptors (Lipinski definition) is 5. The highest BCUT2D eigenvalue weighted by Crippen LogP contribution is 2.25. The van der Waals surface area contributed by atoms with E-state index < -0.39 is 0 Å². The number of aliphatic hydroxyl groups is 1. The molecule has 2 rings (SSSR count). The first-order chi connectivity index (χ1) is 7.42. The number of nitrogens with one attached hydrogen (secondary N) is 1. The van der Waals surface area contributed by atoms with Gasteiger partial charge in [-0.25, -0.2) is 4.98 Å². The van der Waals surface area contributed by atoms with Crippen LogP contribution in [0.25, 0.3) is 0 Å². The van der Waals surface area contributed by atoms with Gasteiger partial charge < -0.3 is 10.4 Å². The summed E-state index contributed by atoms with van der Waals surface area (Å²) in [6.45, 7) is 4.39. The number of aromatic nitrogens is 1. The van der Waals surface area contributed by atoms with Crippen LogP contribution in [0.1, 0.15) is 17.5 Å². The highest BCUT2D eigenvalue weighted by molar-refractivity contribution is 7.09. The SMILES string of the molecule is OCCC(c1nccs1)N1CCNCC1. The van der Waals surface area contributed by atoms with E-state index in [0.29, 0.717) is 6.04 Å². The Hall–Kier alpha value is -0.490. The number of piperazine rings is 1. The average Bonchev–Trinajstić information content (AvgIpc) is 2.80. The maximum absolute atomic E-state index is 9.10. The minimum absolute atomic E-state index is 0.230. The summed E-state index contributed by atoms with van der Waals surface area (Å²) < 4.78 is 0. The minimum Gasteiger partial charge on any atom is -0.396 e. The summed E-state index contributed by atoms with van der Waals surface area (Å²) in [5.41, 5.74) is 0. The largest absolute Gasteiger partial charge is 0.396 e. The summed E-state index contributed by atoms with van der Waals surface area (Å²) in [6, 6.07) is 0.303. The van der Waals surface area contributed by atoms with Crippen molar-refractivity contribution in [1.29, 1.82) is 0 Å². The third-order valence-corrected chi connectivity index (χ3v) is 3.61. The summed E-state index contributed by atoms with van der Waals surface area (Å²) in [7, 11) is 0. The van der Waals surface area contributed by atoms with Gasteiger partial charge in [-0.05, 0) is 6.42 Å². The zero-order valence-corrected chi connectivity index (χ0v) is 9.54. The van der Waals surface area contributed by atoms with E-state index in [0.717, 1.165) is 37.6 Å². The average molecular weight is 227 g/mol. The highest BCUT2D eigenvalue weighted by Gasteiger charge is 2.23. The number of nitrogens with zero attached hydrogens (tertiary/aromatic N) is 2. The van der Waals surface area contributed by atoms with Crippen LogP contribution in [0.3, 0.4) is 0 Å². The van der Waals surface area contributed by atoms with Crippen molar-refractivity contribution in [2.75, 3.05) is 32.8 Å². The molecule has 4 nitrogen and oxygen atoms in total. The fourth-order valence-electron chi connectivity index (χ4n) is 1.98. The lowest BCUT2D eigenvalue weighted by Gasteiger charge is -2.33. The second-order valence-corrected chi connectivity index (χ2v) is 4.61. The van der Waals surface area contributed by atoms with Crippen molar-refractivity contribution < 1.29 is 5.11 Å². The Kier molecular flexibility index (Phi) is 4.08. The maximum atomic E-state index is 9.10. The number of aliphatic hydroxyl groups excluding tert-OH is 1. The van der Waals surface area contributed by atoms with Crippen LogP contribution in [0.15, 0.2) is 11.6 Å². The zero-order chi connectivity index (χ0) is 10.5. The lowest BCUT2D eigenvalue weighted by molar-refractivity contribution is 0.141. The molecular formula is C10H17N3OS. The smallest absolute Gasteiger partial charge is 0.110 e. The maximum Gasteiger partial charge on any atom is 0.110 e.